The van der Waals surface area contributed by atoms with Crippen LogP contribution in [-0.2, 0) is 18.0 Å². The van der Waals surface area contributed by atoms with Gasteiger partial charge in [0.15, 0.2) is 0 Å². The number of carbonyl (C=O) groups excluding carboxylic acids is 1. The number of aliphatic hydroxyl groups is 2. The predicted octanol–water partition coefficient (Wildman–Crippen LogP) is -0.147. The Kier molecular flexibility index (Phi) is 3.55. The molecule has 0 aromatic carbocycles. The highest BCUT2D eigenvalue weighted by Gasteiger charge is 2.16. The van der Waals surface area contributed by atoms with Crippen molar-refractivity contribution >= 4 is 5.97 Å². The molecule has 1 aromatic rings. The van der Waals surface area contributed by atoms with Crippen molar-refractivity contribution in [2.45, 2.75) is 13.2 Å². The first-order valence-electron chi connectivity index (χ1n) is 4.01. The molecule has 0 spiro atoms. The molecule has 0 amide bonds. The monoisotopic (exact) mass is 197 g/mol. The molecule has 2 N–H and O–H groups in total. The Hall–Kier alpha value is -1.46. The zero-order valence-corrected chi connectivity index (χ0v) is 7.73. The number of methoxy groups -OCH3 is 1. The van der Waals surface area contributed by atoms with Crippen LogP contribution in [-0.4, -0.2) is 28.3 Å². The SMILES string of the molecule is COC(=O)c1c(CO)ccnc1CO. The fourth-order valence-electron chi connectivity index (χ4n) is 1.15. The van der Waals surface area contributed by atoms with Gasteiger partial charge in [-0.05, 0) is 11.6 Å². The van der Waals surface area contributed by atoms with Crippen LogP contribution in [0.25, 0.3) is 0 Å². The molecule has 0 bridgehead atoms. The van der Waals surface area contributed by atoms with Gasteiger partial charge < -0.3 is 14.9 Å². The lowest BCUT2D eigenvalue weighted by molar-refractivity contribution is 0.0592. The molecule has 0 saturated carbocycles. The van der Waals surface area contributed by atoms with Crippen molar-refractivity contribution in [3.8, 4) is 0 Å². The van der Waals surface area contributed by atoms with Gasteiger partial charge in [0.25, 0.3) is 0 Å². The van der Waals surface area contributed by atoms with Crippen LogP contribution >= 0.6 is 0 Å². The summed E-state index contributed by atoms with van der Waals surface area (Å²) in [6.45, 7) is -0.655. The number of esters is 1. The van der Waals surface area contributed by atoms with Crippen LogP contribution < -0.4 is 0 Å². The fraction of sp³-hybridized carbons (Fsp3) is 0.333. The number of hydrogen-bond acceptors (Lipinski definition) is 5. The smallest absolute Gasteiger partial charge is 0.340 e. The summed E-state index contributed by atoms with van der Waals surface area (Å²) >= 11 is 0. The molecule has 5 nitrogen and oxygen atoms in total. The van der Waals surface area contributed by atoms with Crippen LogP contribution in [0.15, 0.2) is 12.3 Å². The van der Waals surface area contributed by atoms with E-state index in [4.69, 9.17) is 10.2 Å². The average molecular weight is 197 g/mol. The Bertz CT molecular complexity index is 315. The topological polar surface area (TPSA) is 79.7 Å². The van der Waals surface area contributed by atoms with Crippen LogP contribution in [0.2, 0.25) is 0 Å². The van der Waals surface area contributed by atoms with E-state index in [2.05, 4.69) is 9.72 Å². The van der Waals surface area contributed by atoms with Crippen LogP contribution in [0.5, 0.6) is 0 Å². The molecule has 0 atom stereocenters. The highest BCUT2D eigenvalue weighted by atomic mass is 16.5. The largest absolute Gasteiger partial charge is 0.465 e. The van der Waals surface area contributed by atoms with Gasteiger partial charge in [-0.3, -0.25) is 4.98 Å². The molecule has 14 heavy (non-hydrogen) atoms. The molecule has 0 radical (unpaired) electrons. The maximum absolute atomic E-state index is 11.3. The number of aromatic nitrogens is 1. The van der Waals surface area contributed by atoms with Gasteiger partial charge >= 0.3 is 5.97 Å². The van der Waals surface area contributed by atoms with Crippen molar-refractivity contribution in [3.63, 3.8) is 0 Å². The summed E-state index contributed by atoms with van der Waals surface area (Å²) in [6.07, 6.45) is 1.42. The van der Waals surface area contributed by atoms with E-state index in [1.54, 1.807) is 0 Å². The van der Waals surface area contributed by atoms with Gasteiger partial charge in [0.1, 0.15) is 0 Å². The van der Waals surface area contributed by atoms with Gasteiger partial charge in [0, 0.05) is 6.20 Å². The zero-order valence-electron chi connectivity index (χ0n) is 7.73. The molecule has 0 aliphatic heterocycles. The second-order valence-electron chi connectivity index (χ2n) is 2.60. The molecule has 0 saturated heterocycles. The number of pyridine rings is 1. The van der Waals surface area contributed by atoms with Gasteiger partial charge in [-0.25, -0.2) is 4.79 Å². The first-order valence-corrected chi connectivity index (χ1v) is 4.01. The Balaban J connectivity index is 3.25. The Labute approximate surface area is 81.0 Å². The quantitative estimate of drug-likeness (QED) is 0.659. The summed E-state index contributed by atoms with van der Waals surface area (Å²) < 4.78 is 4.52. The molecule has 1 aromatic heterocycles. The van der Waals surface area contributed by atoms with Crippen LogP contribution in [0.4, 0.5) is 0 Å². The van der Waals surface area contributed by atoms with Gasteiger partial charge in [-0.2, -0.15) is 0 Å². The lowest BCUT2D eigenvalue weighted by atomic mass is 10.1. The number of carbonyl (C=O) groups is 1. The number of hydrogen-bond donors (Lipinski definition) is 2. The van der Waals surface area contributed by atoms with Gasteiger partial charge in [-0.1, -0.05) is 0 Å². The number of aliphatic hydroxyl groups excluding tert-OH is 2. The van der Waals surface area contributed by atoms with E-state index in [1.807, 2.05) is 0 Å². The third-order valence-electron chi connectivity index (χ3n) is 1.83. The van der Waals surface area contributed by atoms with E-state index in [9.17, 15) is 4.79 Å². The number of nitrogens with zero attached hydrogens (tertiary/aromatic N) is 1. The highest BCUT2D eigenvalue weighted by Crippen LogP contribution is 2.13. The minimum atomic E-state index is -0.605. The third kappa shape index (κ3) is 1.89. The lowest BCUT2D eigenvalue weighted by Gasteiger charge is -2.08. The molecule has 1 heterocycles. The maximum atomic E-state index is 11.3. The molecule has 0 aliphatic rings. The summed E-state index contributed by atoms with van der Waals surface area (Å²) in [4.78, 5) is 15.1. The summed E-state index contributed by atoms with van der Waals surface area (Å²) in [5.41, 5.74) is 0.749. The summed E-state index contributed by atoms with van der Waals surface area (Å²) in [5, 5.41) is 17.9. The van der Waals surface area contributed by atoms with Crippen molar-refractivity contribution in [2.24, 2.45) is 0 Å². The van der Waals surface area contributed by atoms with Gasteiger partial charge in [0.2, 0.25) is 0 Å². The normalized spacial score (nSPS) is 9.93. The van der Waals surface area contributed by atoms with Crippen molar-refractivity contribution in [2.75, 3.05) is 7.11 Å². The fourth-order valence-corrected chi connectivity index (χ4v) is 1.15. The molecule has 76 valence electrons. The summed E-state index contributed by atoms with van der Waals surface area (Å²) in [7, 11) is 1.23. The van der Waals surface area contributed by atoms with E-state index in [1.165, 1.54) is 19.4 Å². The average Bonchev–Trinajstić information content (AvgIpc) is 2.26. The van der Waals surface area contributed by atoms with Crippen LogP contribution in [0, 0.1) is 0 Å². The van der Waals surface area contributed by atoms with Crippen molar-refractivity contribution < 1.29 is 19.7 Å². The van der Waals surface area contributed by atoms with Crippen molar-refractivity contribution in [3.05, 3.63) is 29.1 Å². The second-order valence-corrected chi connectivity index (χ2v) is 2.60. The third-order valence-corrected chi connectivity index (χ3v) is 1.83. The number of rotatable bonds is 3. The molecule has 1 rings (SSSR count). The van der Waals surface area contributed by atoms with E-state index >= 15 is 0 Å². The predicted molar refractivity (Wildman–Crippen MR) is 47.4 cm³/mol. The molecule has 0 fully saturated rings. The minimum Gasteiger partial charge on any atom is -0.465 e. The van der Waals surface area contributed by atoms with E-state index in [-0.39, 0.29) is 24.5 Å². The first-order chi connectivity index (χ1) is 6.74. The Morgan fingerprint density at radius 3 is 2.71 bits per heavy atom. The van der Waals surface area contributed by atoms with Crippen molar-refractivity contribution in [1.29, 1.82) is 0 Å². The molecule has 5 heteroatoms. The standard InChI is InChI=1S/C9H11NO4/c1-14-9(13)8-6(4-11)2-3-10-7(8)5-12/h2-3,11-12H,4-5H2,1H3. The molecular weight excluding hydrogens is 186 g/mol. The minimum absolute atomic E-state index is 0.139. The van der Waals surface area contributed by atoms with E-state index in [0.29, 0.717) is 5.56 Å². The van der Waals surface area contributed by atoms with Gasteiger partial charge in [-0.15, -0.1) is 0 Å². The Morgan fingerprint density at radius 1 is 1.50 bits per heavy atom. The Morgan fingerprint density at radius 2 is 2.21 bits per heavy atom. The van der Waals surface area contributed by atoms with E-state index in [0.717, 1.165) is 0 Å². The lowest BCUT2D eigenvalue weighted by Crippen LogP contribution is -2.11. The van der Waals surface area contributed by atoms with Crippen LogP contribution in [0.3, 0.4) is 0 Å². The zero-order chi connectivity index (χ0) is 10.6. The van der Waals surface area contributed by atoms with Crippen LogP contribution in [0.1, 0.15) is 21.6 Å². The van der Waals surface area contributed by atoms with Gasteiger partial charge in [0.05, 0.1) is 31.6 Å². The molecule has 0 aliphatic carbocycles. The van der Waals surface area contributed by atoms with E-state index < -0.39 is 5.97 Å². The highest BCUT2D eigenvalue weighted by molar-refractivity contribution is 5.92. The summed E-state index contributed by atoms with van der Waals surface area (Å²) in [5.74, 6) is -0.605. The molecule has 0 unspecified atom stereocenters. The summed E-state index contributed by atoms with van der Waals surface area (Å²) in [6, 6.07) is 1.51. The first kappa shape index (κ1) is 10.6. The number of ether oxygens (including phenoxy) is 1. The maximum Gasteiger partial charge on any atom is 0.340 e. The molecular formula is C9H11NO4. The van der Waals surface area contributed by atoms with Crippen molar-refractivity contribution in [1.82, 2.24) is 4.98 Å². The second kappa shape index (κ2) is 4.69.